The van der Waals surface area contributed by atoms with Gasteiger partial charge < -0.3 is 9.73 Å². The molecule has 4 heteroatoms. The molecule has 0 saturated heterocycles. The molecule has 0 saturated carbocycles. The maximum atomic E-state index is 12.3. The molecular weight excluding hydrogens is 354 g/mol. The molecule has 118 valence electrons. The van der Waals surface area contributed by atoms with Crippen LogP contribution in [0.4, 0.5) is 5.69 Å². The summed E-state index contributed by atoms with van der Waals surface area (Å²) in [4.78, 5) is 12.3. The Balaban J connectivity index is 1.79. The second kappa shape index (κ2) is 6.59. The van der Waals surface area contributed by atoms with Crippen molar-refractivity contribution in [3.8, 4) is 0 Å². The van der Waals surface area contributed by atoms with Crippen molar-refractivity contribution < 1.29 is 9.21 Å². The van der Waals surface area contributed by atoms with Crippen molar-refractivity contribution in [2.45, 2.75) is 26.2 Å². The topological polar surface area (TPSA) is 42.2 Å². The Morgan fingerprint density at radius 1 is 1.17 bits per heavy atom. The summed E-state index contributed by atoms with van der Waals surface area (Å²) in [6, 6.07) is 13.7. The number of carbonyl (C=O) groups is 1. The van der Waals surface area contributed by atoms with Crippen molar-refractivity contribution in [3.63, 3.8) is 0 Å². The van der Waals surface area contributed by atoms with Gasteiger partial charge in [0, 0.05) is 21.1 Å². The summed E-state index contributed by atoms with van der Waals surface area (Å²) in [6.07, 6.45) is 1.97. The zero-order valence-corrected chi connectivity index (χ0v) is 14.7. The Hall–Kier alpha value is -2.07. The molecule has 1 amide bonds. The number of carbonyl (C=O) groups excluding carboxylic acids is 1. The zero-order valence-electron chi connectivity index (χ0n) is 13.1. The van der Waals surface area contributed by atoms with Crippen LogP contribution in [-0.4, -0.2) is 5.91 Å². The van der Waals surface area contributed by atoms with Crippen LogP contribution in [-0.2, 0) is 11.2 Å². The zero-order chi connectivity index (χ0) is 16.4. The summed E-state index contributed by atoms with van der Waals surface area (Å²) in [5.41, 5.74) is 3.76. The highest BCUT2D eigenvalue weighted by Crippen LogP contribution is 2.26. The minimum Gasteiger partial charge on any atom is -0.464 e. The van der Waals surface area contributed by atoms with E-state index in [4.69, 9.17) is 4.42 Å². The summed E-state index contributed by atoms with van der Waals surface area (Å²) in [5.74, 6) is 0.392. The maximum Gasteiger partial charge on any atom is 0.228 e. The van der Waals surface area contributed by atoms with Crippen molar-refractivity contribution >= 4 is 38.5 Å². The summed E-state index contributed by atoms with van der Waals surface area (Å²) in [5, 5.41) is 3.92. The highest BCUT2D eigenvalue weighted by Gasteiger charge is 2.12. The van der Waals surface area contributed by atoms with Crippen LogP contribution in [0.1, 0.15) is 30.9 Å². The van der Waals surface area contributed by atoms with E-state index < -0.39 is 0 Å². The van der Waals surface area contributed by atoms with Crippen molar-refractivity contribution in [2.24, 2.45) is 0 Å². The second-order valence-electron chi connectivity index (χ2n) is 5.90. The van der Waals surface area contributed by atoms with E-state index in [0.717, 1.165) is 26.7 Å². The first-order valence-corrected chi connectivity index (χ1v) is 8.37. The molecule has 0 radical (unpaired) electrons. The molecule has 3 aromatic rings. The number of hydrogen-bond donors (Lipinski definition) is 1. The number of anilines is 1. The van der Waals surface area contributed by atoms with Crippen LogP contribution in [0.5, 0.6) is 0 Å². The van der Waals surface area contributed by atoms with Crippen LogP contribution in [0.25, 0.3) is 11.0 Å². The molecule has 0 unspecified atom stereocenters. The Labute approximate surface area is 143 Å². The van der Waals surface area contributed by atoms with Gasteiger partial charge in [0.05, 0.1) is 12.7 Å². The predicted molar refractivity (Wildman–Crippen MR) is 96.8 cm³/mol. The Morgan fingerprint density at radius 2 is 1.91 bits per heavy atom. The lowest BCUT2D eigenvalue weighted by atomic mass is 10.00. The van der Waals surface area contributed by atoms with E-state index >= 15 is 0 Å². The summed E-state index contributed by atoms with van der Waals surface area (Å²) >= 11 is 3.38. The quantitative estimate of drug-likeness (QED) is 0.657. The van der Waals surface area contributed by atoms with Gasteiger partial charge in [-0.15, -0.1) is 0 Å². The Morgan fingerprint density at radius 3 is 2.61 bits per heavy atom. The fraction of sp³-hybridized carbons (Fsp3) is 0.211. The number of benzene rings is 2. The molecule has 1 N–H and O–H groups in total. The summed E-state index contributed by atoms with van der Waals surface area (Å²) < 4.78 is 6.55. The van der Waals surface area contributed by atoms with Crippen molar-refractivity contribution in [3.05, 3.63) is 64.3 Å². The summed E-state index contributed by atoms with van der Waals surface area (Å²) in [6.45, 7) is 4.31. The normalized spacial score (nSPS) is 11.1. The lowest BCUT2D eigenvalue weighted by Crippen LogP contribution is -2.14. The minimum absolute atomic E-state index is 0.0510. The van der Waals surface area contributed by atoms with E-state index in [0.29, 0.717) is 12.3 Å². The number of amides is 1. The molecule has 2 aromatic carbocycles. The Kier molecular flexibility index (Phi) is 4.53. The average molecular weight is 372 g/mol. The van der Waals surface area contributed by atoms with Gasteiger partial charge in [0.15, 0.2) is 0 Å². The molecule has 0 fully saturated rings. The van der Waals surface area contributed by atoms with E-state index in [1.807, 2.05) is 30.3 Å². The average Bonchev–Trinajstić information content (AvgIpc) is 2.92. The monoisotopic (exact) mass is 371 g/mol. The lowest BCUT2D eigenvalue weighted by Gasteiger charge is -2.06. The molecular formula is C19H18BrNO2. The fourth-order valence-corrected chi connectivity index (χ4v) is 2.77. The van der Waals surface area contributed by atoms with Gasteiger partial charge in [-0.1, -0.05) is 35.8 Å². The van der Waals surface area contributed by atoms with Gasteiger partial charge in [-0.3, -0.25) is 4.79 Å². The molecule has 0 aliphatic carbocycles. The van der Waals surface area contributed by atoms with Crippen molar-refractivity contribution in [1.29, 1.82) is 0 Å². The standard InChI is InChI=1S/C19H18BrNO2/c1-12(2)13-3-8-18-17(9-13)14(11-23-18)10-19(22)21-16-6-4-15(20)5-7-16/h3-9,11-12H,10H2,1-2H3,(H,21,22). The van der Waals surface area contributed by atoms with Crippen molar-refractivity contribution in [2.75, 3.05) is 5.32 Å². The van der Waals surface area contributed by atoms with Gasteiger partial charge in [0.1, 0.15) is 5.58 Å². The minimum atomic E-state index is -0.0510. The van der Waals surface area contributed by atoms with Crippen LogP contribution < -0.4 is 5.32 Å². The number of hydrogen-bond acceptors (Lipinski definition) is 2. The van der Waals surface area contributed by atoms with Crippen molar-refractivity contribution in [1.82, 2.24) is 0 Å². The van der Waals surface area contributed by atoms with Gasteiger partial charge >= 0.3 is 0 Å². The van der Waals surface area contributed by atoms with E-state index in [-0.39, 0.29) is 5.91 Å². The lowest BCUT2D eigenvalue weighted by molar-refractivity contribution is -0.115. The van der Waals surface area contributed by atoms with Crippen LogP contribution in [0.3, 0.4) is 0 Å². The van der Waals surface area contributed by atoms with E-state index in [1.165, 1.54) is 5.56 Å². The first-order chi connectivity index (χ1) is 11.0. The first kappa shape index (κ1) is 15.8. The third-order valence-corrected chi connectivity index (χ3v) is 4.35. The highest BCUT2D eigenvalue weighted by molar-refractivity contribution is 9.10. The molecule has 0 aliphatic rings. The molecule has 1 aromatic heterocycles. The number of rotatable bonds is 4. The third kappa shape index (κ3) is 3.64. The first-order valence-electron chi connectivity index (χ1n) is 7.58. The number of nitrogens with one attached hydrogen (secondary N) is 1. The fourth-order valence-electron chi connectivity index (χ4n) is 2.51. The second-order valence-corrected chi connectivity index (χ2v) is 6.82. The largest absolute Gasteiger partial charge is 0.464 e. The molecule has 0 atom stereocenters. The van der Waals surface area contributed by atoms with E-state index in [1.54, 1.807) is 6.26 Å². The Bertz CT molecular complexity index is 834. The van der Waals surface area contributed by atoms with Crippen LogP contribution in [0.2, 0.25) is 0 Å². The molecule has 1 heterocycles. The van der Waals surface area contributed by atoms with Gasteiger partial charge in [-0.2, -0.15) is 0 Å². The highest BCUT2D eigenvalue weighted by atomic mass is 79.9. The van der Waals surface area contributed by atoms with Crippen LogP contribution in [0.15, 0.2) is 57.6 Å². The predicted octanol–water partition coefficient (Wildman–Crippen LogP) is 5.50. The third-order valence-electron chi connectivity index (χ3n) is 3.82. The maximum absolute atomic E-state index is 12.3. The molecule has 3 rings (SSSR count). The van der Waals surface area contributed by atoms with Gasteiger partial charge in [0.25, 0.3) is 0 Å². The molecule has 0 aliphatic heterocycles. The molecule has 0 spiro atoms. The molecule has 23 heavy (non-hydrogen) atoms. The summed E-state index contributed by atoms with van der Waals surface area (Å²) in [7, 11) is 0. The number of furan rings is 1. The van der Waals surface area contributed by atoms with Gasteiger partial charge in [0.2, 0.25) is 5.91 Å². The van der Waals surface area contributed by atoms with Gasteiger partial charge in [-0.25, -0.2) is 0 Å². The van der Waals surface area contributed by atoms with E-state index in [9.17, 15) is 4.79 Å². The SMILES string of the molecule is CC(C)c1ccc2occ(CC(=O)Nc3ccc(Br)cc3)c2c1. The van der Waals surface area contributed by atoms with Crippen LogP contribution >= 0.6 is 15.9 Å². The van der Waals surface area contributed by atoms with Crippen LogP contribution in [0, 0.1) is 0 Å². The number of fused-ring (bicyclic) bond motifs is 1. The number of halogens is 1. The smallest absolute Gasteiger partial charge is 0.228 e. The van der Waals surface area contributed by atoms with E-state index in [2.05, 4.69) is 47.2 Å². The molecule has 3 nitrogen and oxygen atoms in total. The molecule has 0 bridgehead atoms. The van der Waals surface area contributed by atoms with Gasteiger partial charge in [-0.05, 0) is 47.9 Å².